The number of rotatable bonds is 6. The van der Waals surface area contributed by atoms with Gasteiger partial charge >= 0.3 is 5.97 Å². The molecule has 0 bridgehead atoms. The molecule has 0 radical (unpaired) electrons. The number of ketones is 1. The number of carbonyl (C=O) groups excluding carboxylic acids is 2. The SMILES string of the molecule is CC(=O)SC(CC(=O)c1ccc(C(C)C)cc1)C(=O)O. The van der Waals surface area contributed by atoms with Crippen LogP contribution in [-0.4, -0.2) is 27.2 Å². The first-order valence-corrected chi connectivity index (χ1v) is 7.22. The normalized spacial score (nSPS) is 12.2. The van der Waals surface area contributed by atoms with E-state index in [1.165, 1.54) is 6.92 Å². The molecule has 0 amide bonds. The lowest BCUT2D eigenvalue weighted by Crippen LogP contribution is -2.21. The van der Waals surface area contributed by atoms with Crippen molar-refractivity contribution >= 4 is 28.6 Å². The highest BCUT2D eigenvalue weighted by atomic mass is 32.2. The molecular formula is C15H18O4S. The Morgan fingerprint density at radius 3 is 2.10 bits per heavy atom. The van der Waals surface area contributed by atoms with E-state index in [1.54, 1.807) is 12.1 Å². The molecule has 0 aliphatic carbocycles. The average Bonchev–Trinajstić information content (AvgIpc) is 2.37. The van der Waals surface area contributed by atoms with E-state index in [-0.39, 0.29) is 17.3 Å². The fraction of sp³-hybridized carbons (Fsp3) is 0.400. The Balaban J connectivity index is 2.78. The van der Waals surface area contributed by atoms with Gasteiger partial charge in [0.15, 0.2) is 10.9 Å². The van der Waals surface area contributed by atoms with Gasteiger partial charge in [-0.15, -0.1) is 0 Å². The molecule has 1 unspecified atom stereocenters. The lowest BCUT2D eigenvalue weighted by molar-refractivity contribution is -0.136. The zero-order valence-electron chi connectivity index (χ0n) is 11.8. The van der Waals surface area contributed by atoms with Crippen molar-refractivity contribution < 1.29 is 19.5 Å². The van der Waals surface area contributed by atoms with Crippen LogP contribution in [0, 0.1) is 0 Å². The third-order valence-corrected chi connectivity index (χ3v) is 3.84. The third-order valence-electron chi connectivity index (χ3n) is 2.85. The van der Waals surface area contributed by atoms with E-state index in [1.807, 2.05) is 12.1 Å². The van der Waals surface area contributed by atoms with Crippen molar-refractivity contribution in [1.29, 1.82) is 0 Å². The Morgan fingerprint density at radius 1 is 1.15 bits per heavy atom. The van der Waals surface area contributed by atoms with Crippen LogP contribution in [0.1, 0.15) is 49.0 Å². The Bertz CT molecular complexity index is 505. The molecule has 0 spiro atoms. The van der Waals surface area contributed by atoms with E-state index in [0.717, 1.165) is 5.56 Å². The van der Waals surface area contributed by atoms with Crippen LogP contribution >= 0.6 is 11.8 Å². The molecule has 1 aromatic carbocycles. The average molecular weight is 294 g/mol. The van der Waals surface area contributed by atoms with Crippen LogP contribution in [0.2, 0.25) is 0 Å². The minimum absolute atomic E-state index is 0.180. The van der Waals surface area contributed by atoms with Crippen LogP contribution in [0.15, 0.2) is 24.3 Å². The molecule has 0 aromatic heterocycles. The first-order valence-electron chi connectivity index (χ1n) is 6.34. The number of carboxylic acid groups (broad SMARTS) is 1. The van der Waals surface area contributed by atoms with E-state index < -0.39 is 11.2 Å². The van der Waals surface area contributed by atoms with Crippen molar-refractivity contribution in [2.24, 2.45) is 0 Å². The van der Waals surface area contributed by atoms with Crippen LogP contribution < -0.4 is 0 Å². The molecular weight excluding hydrogens is 276 g/mol. The highest BCUT2D eigenvalue weighted by molar-refractivity contribution is 8.14. The number of carbonyl (C=O) groups is 3. The van der Waals surface area contributed by atoms with Crippen molar-refractivity contribution in [2.75, 3.05) is 0 Å². The topological polar surface area (TPSA) is 71.4 Å². The van der Waals surface area contributed by atoms with E-state index in [0.29, 0.717) is 23.2 Å². The maximum Gasteiger partial charge on any atom is 0.317 e. The van der Waals surface area contributed by atoms with E-state index in [9.17, 15) is 14.4 Å². The van der Waals surface area contributed by atoms with Crippen molar-refractivity contribution in [1.82, 2.24) is 0 Å². The molecule has 0 aliphatic rings. The Kier molecular flexibility index (Phi) is 5.95. The monoisotopic (exact) mass is 294 g/mol. The summed E-state index contributed by atoms with van der Waals surface area (Å²) in [6.45, 7) is 5.41. The van der Waals surface area contributed by atoms with Crippen LogP contribution in [0.4, 0.5) is 0 Å². The van der Waals surface area contributed by atoms with E-state index >= 15 is 0 Å². The number of hydrogen-bond donors (Lipinski definition) is 1. The fourth-order valence-corrected chi connectivity index (χ4v) is 2.46. The molecule has 5 heteroatoms. The van der Waals surface area contributed by atoms with Gasteiger partial charge in [0.2, 0.25) is 0 Å². The van der Waals surface area contributed by atoms with Gasteiger partial charge in [0.25, 0.3) is 0 Å². The lowest BCUT2D eigenvalue weighted by atomic mass is 9.99. The maximum atomic E-state index is 12.0. The van der Waals surface area contributed by atoms with Gasteiger partial charge in [-0.1, -0.05) is 49.9 Å². The number of Topliss-reactive ketones (excluding diaryl/α,β-unsaturated/α-hetero) is 1. The molecule has 1 atom stereocenters. The minimum atomic E-state index is -1.14. The fourth-order valence-electron chi connectivity index (χ4n) is 1.72. The lowest BCUT2D eigenvalue weighted by Gasteiger charge is -2.10. The van der Waals surface area contributed by atoms with Crippen molar-refractivity contribution in [2.45, 2.75) is 38.4 Å². The number of hydrogen-bond acceptors (Lipinski definition) is 4. The third kappa shape index (κ3) is 4.81. The molecule has 108 valence electrons. The Labute approximate surface area is 122 Å². The summed E-state index contributed by atoms with van der Waals surface area (Å²) in [4.78, 5) is 34.0. The predicted molar refractivity (Wildman–Crippen MR) is 79.2 cm³/mol. The standard InChI is InChI=1S/C15H18O4S/c1-9(2)11-4-6-12(7-5-11)13(17)8-14(15(18)19)20-10(3)16/h4-7,9,14H,8H2,1-3H3,(H,18,19). The first-order chi connectivity index (χ1) is 9.31. The molecule has 20 heavy (non-hydrogen) atoms. The number of benzene rings is 1. The van der Waals surface area contributed by atoms with Gasteiger partial charge in [-0.05, 0) is 11.5 Å². The van der Waals surface area contributed by atoms with Crippen molar-refractivity contribution in [3.05, 3.63) is 35.4 Å². The van der Waals surface area contributed by atoms with Crippen LogP contribution in [-0.2, 0) is 9.59 Å². The van der Waals surface area contributed by atoms with Gasteiger partial charge < -0.3 is 5.11 Å². The molecule has 1 rings (SSSR count). The summed E-state index contributed by atoms with van der Waals surface area (Å²) in [7, 11) is 0. The van der Waals surface area contributed by atoms with E-state index in [2.05, 4.69) is 13.8 Å². The van der Waals surface area contributed by atoms with Gasteiger partial charge in [-0.25, -0.2) is 0 Å². The number of aliphatic carboxylic acids is 1. The predicted octanol–water partition coefficient (Wildman–Crippen LogP) is 3.12. The zero-order valence-corrected chi connectivity index (χ0v) is 12.6. The van der Waals surface area contributed by atoms with Gasteiger partial charge in [-0.2, -0.15) is 0 Å². The quantitative estimate of drug-likeness (QED) is 0.816. The Morgan fingerprint density at radius 2 is 1.70 bits per heavy atom. The van der Waals surface area contributed by atoms with Gasteiger partial charge in [0, 0.05) is 18.9 Å². The van der Waals surface area contributed by atoms with Crippen LogP contribution in [0.3, 0.4) is 0 Å². The zero-order chi connectivity index (χ0) is 15.3. The summed E-state index contributed by atoms with van der Waals surface area (Å²) in [6, 6.07) is 7.14. The molecule has 0 heterocycles. The molecule has 0 aliphatic heterocycles. The van der Waals surface area contributed by atoms with Crippen LogP contribution in [0.5, 0.6) is 0 Å². The minimum Gasteiger partial charge on any atom is -0.480 e. The summed E-state index contributed by atoms with van der Waals surface area (Å²) >= 11 is 0.679. The van der Waals surface area contributed by atoms with Crippen molar-refractivity contribution in [3.8, 4) is 0 Å². The highest BCUT2D eigenvalue weighted by Gasteiger charge is 2.24. The van der Waals surface area contributed by atoms with Gasteiger partial charge in [0.1, 0.15) is 5.25 Å². The smallest absolute Gasteiger partial charge is 0.317 e. The molecule has 0 saturated carbocycles. The molecule has 1 N–H and O–H groups in total. The second-order valence-corrected chi connectivity index (χ2v) is 6.22. The van der Waals surface area contributed by atoms with Gasteiger partial charge in [0.05, 0.1) is 0 Å². The first kappa shape index (κ1) is 16.4. The Hall–Kier alpha value is -1.62. The summed E-state index contributed by atoms with van der Waals surface area (Å²) in [5.41, 5.74) is 1.60. The van der Waals surface area contributed by atoms with Gasteiger partial charge in [-0.3, -0.25) is 14.4 Å². The maximum absolute atomic E-state index is 12.0. The van der Waals surface area contributed by atoms with Crippen molar-refractivity contribution in [3.63, 3.8) is 0 Å². The second kappa shape index (κ2) is 7.24. The highest BCUT2D eigenvalue weighted by Crippen LogP contribution is 2.20. The molecule has 4 nitrogen and oxygen atoms in total. The number of carboxylic acids is 1. The largest absolute Gasteiger partial charge is 0.480 e. The summed E-state index contributed by atoms with van der Waals surface area (Å²) in [5, 5.41) is 7.68. The van der Waals surface area contributed by atoms with Crippen LogP contribution in [0.25, 0.3) is 0 Å². The summed E-state index contributed by atoms with van der Waals surface area (Å²) < 4.78 is 0. The molecule has 0 saturated heterocycles. The second-order valence-electron chi connectivity index (χ2n) is 4.84. The molecule has 1 aromatic rings. The molecule has 0 fully saturated rings. The number of thioether (sulfide) groups is 1. The van der Waals surface area contributed by atoms with E-state index in [4.69, 9.17) is 5.11 Å². The summed E-state index contributed by atoms with van der Waals surface area (Å²) in [5.74, 6) is -1.03. The summed E-state index contributed by atoms with van der Waals surface area (Å²) in [6.07, 6.45) is -0.180.